The molecule has 5 heteroatoms. The fourth-order valence-corrected chi connectivity index (χ4v) is 1.42. The Morgan fingerprint density at radius 1 is 1.44 bits per heavy atom. The molecule has 1 heterocycles. The number of nitrogens with one attached hydrogen (secondary N) is 1. The second-order valence-corrected chi connectivity index (χ2v) is 3.15. The van der Waals surface area contributed by atoms with Gasteiger partial charge in [0.25, 0.3) is 0 Å². The summed E-state index contributed by atoms with van der Waals surface area (Å²) >= 11 is 0. The third kappa shape index (κ3) is 1.83. The van der Waals surface area contributed by atoms with Gasteiger partial charge in [0.1, 0.15) is 0 Å². The molecule has 1 aromatic carbocycles. The molecule has 0 amide bonds. The summed E-state index contributed by atoms with van der Waals surface area (Å²) in [6, 6.07) is 5.27. The number of aldehydes is 1. The van der Waals surface area contributed by atoms with Crippen molar-refractivity contribution < 1.29 is 14.7 Å². The van der Waals surface area contributed by atoms with Crippen LogP contribution in [0, 0.1) is 0 Å². The molecule has 0 aliphatic carbocycles. The SMILES string of the molecule is O=Cc1nc2c(C=CC(=O)O)cccc2[nH]1. The van der Waals surface area contributed by atoms with Crippen LogP contribution in [0.5, 0.6) is 0 Å². The maximum Gasteiger partial charge on any atom is 0.328 e. The minimum atomic E-state index is -1.02. The summed E-state index contributed by atoms with van der Waals surface area (Å²) < 4.78 is 0. The summed E-state index contributed by atoms with van der Waals surface area (Å²) in [4.78, 5) is 27.8. The second kappa shape index (κ2) is 3.98. The molecular weight excluding hydrogens is 208 g/mol. The Balaban J connectivity index is 2.56. The van der Waals surface area contributed by atoms with Crippen molar-refractivity contribution in [1.82, 2.24) is 9.97 Å². The molecule has 2 aromatic rings. The van der Waals surface area contributed by atoms with E-state index >= 15 is 0 Å². The number of H-pyrrole nitrogens is 1. The average Bonchev–Trinajstić information content (AvgIpc) is 2.69. The predicted octanol–water partition coefficient (Wildman–Crippen LogP) is 1.47. The van der Waals surface area contributed by atoms with E-state index in [2.05, 4.69) is 9.97 Å². The van der Waals surface area contributed by atoms with Crippen LogP contribution >= 0.6 is 0 Å². The molecule has 0 aliphatic rings. The molecule has 5 nitrogen and oxygen atoms in total. The lowest BCUT2D eigenvalue weighted by Gasteiger charge is -1.93. The molecule has 0 atom stereocenters. The molecule has 0 radical (unpaired) electrons. The Morgan fingerprint density at radius 3 is 2.94 bits per heavy atom. The van der Waals surface area contributed by atoms with Crippen LogP contribution in [0.3, 0.4) is 0 Å². The van der Waals surface area contributed by atoms with Gasteiger partial charge >= 0.3 is 5.97 Å². The smallest absolute Gasteiger partial charge is 0.328 e. The maximum atomic E-state index is 10.5. The number of fused-ring (bicyclic) bond motifs is 1. The Hall–Kier alpha value is -2.43. The molecule has 0 aliphatic heterocycles. The third-order valence-electron chi connectivity index (χ3n) is 2.08. The molecule has 2 N–H and O–H groups in total. The summed E-state index contributed by atoms with van der Waals surface area (Å²) in [7, 11) is 0. The molecule has 2 rings (SSSR count). The fraction of sp³-hybridized carbons (Fsp3) is 0. The number of nitrogens with zero attached hydrogens (tertiary/aromatic N) is 1. The zero-order chi connectivity index (χ0) is 11.5. The zero-order valence-corrected chi connectivity index (χ0v) is 8.18. The topological polar surface area (TPSA) is 83.1 Å². The monoisotopic (exact) mass is 216 g/mol. The maximum absolute atomic E-state index is 10.5. The Bertz CT molecular complexity index is 584. The summed E-state index contributed by atoms with van der Waals surface area (Å²) in [6.07, 6.45) is 3.09. The van der Waals surface area contributed by atoms with Gasteiger partial charge in [-0.05, 0) is 12.1 Å². The van der Waals surface area contributed by atoms with E-state index in [1.165, 1.54) is 6.08 Å². The molecule has 0 saturated carbocycles. The number of aliphatic carboxylic acids is 1. The number of hydrogen-bond donors (Lipinski definition) is 2. The largest absolute Gasteiger partial charge is 0.478 e. The van der Waals surface area contributed by atoms with Gasteiger partial charge in [-0.25, -0.2) is 9.78 Å². The van der Waals surface area contributed by atoms with E-state index in [4.69, 9.17) is 5.11 Å². The van der Waals surface area contributed by atoms with Crippen molar-refractivity contribution in [3.05, 3.63) is 35.7 Å². The summed E-state index contributed by atoms with van der Waals surface area (Å²) in [5, 5.41) is 8.53. The van der Waals surface area contributed by atoms with Crippen molar-refractivity contribution in [2.24, 2.45) is 0 Å². The number of rotatable bonds is 3. The van der Waals surface area contributed by atoms with Gasteiger partial charge in [0.05, 0.1) is 11.0 Å². The first kappa shape index (κ1) is 10.1. The van der Waals surface area contributed by atoms with E-state index < -0.39 is 5.97 Å². The van der Waals surface area contributed by atoms with E-state index in [9.17, 15) is 9.59 Å². The van der Waals surface area contributed by atoms with Crippen molar-refractivity contribution in [2.45, 2.75) is 0 Å². The van der Waals surface area contributed by atoms with E-state index in [-0.39, 0.29) is 5.82 Å². The van der Waals surface area contributed by atoms with Crippen LogP contribution in [0.2, 0.25) is 0 Å². The second-order valence-electron chi connectivity index (χ2n) is 3.15. The summed E-state index contributed by atoms with van der Waals surface area (Å²) in [5.74, 6) is -0.797. The summed E-state index contributed by atoms with van der Waals surface area (Å²) in [6.45, 7) is 0. The number of hydrogen-bond acceptors (Lipinski definition) is 3. The number of carboxylic acids is 1. The molecule has 0 bridgehead atoms. The Labute approximate surface area is 90.4 Å². The normalized spacial score (nSPS) is 11.0. The molecule has 16 heavy (non-hydrogen) atoms. The molecule has 0 unspecified atom stereocenters. The van der Waals surface area contributed by atoms with Crippen LogP contribution in [0.1, 0.15) is 16.2 Å². The van der Waals surface area contributed by atoms with Crippen LogP contribution in [-0.2, 0) is 4.79 Å². The highest BCUT2D eigenvalue weighted by Gasteiger charge is 2.04. The van der Waals surface area contributed by atoms with Crippen molar-refractivity contribution >= 4 is 29.4 Å². The van der Waals surface area contributed by atoms with E-state index in [1.54, 1.807) is 18.2 Å². The van der Waals surface area contributed by atoms with Gasteiger partial charge in [0.2, 0.25) is 0 Å². The molecular formula is C11H8N2O3. The minimum Gasteiger partial charge on any atom is -0.478 e. The molecule has 1 aromatic heterocycles. The lowest BCUT2D eigenvalue weighted by atomic mass is 10.2. The van der Waals surface area contributed by atoms with Crippen LogP contribution in [0.4, 0.5) is 0 Å². The van der Waals surface area contributed by atoms with Crippen LogP contribution < -0.4 is 0 Å². The first-order valence-electron chi connectivity index (χ1n) is 4.55. The lowest BCUT2D eigenvalue weighted by molar-refractivity contribution is -0.131. The minimum absolute atomic E-state index is 0.228. The van der Waals surface area contributed by atoms with Gasteiger partial charge in [-0.15, -0.1) is 0 Å². The number of carboxylic acid groups (broad SMARTS) is 1. The molecule has 80 valence electrons. The van der Waals surface area contributed by atoms with Gasteiger partial charge < -0.3 is 10.1 Å². The van der Waals surface area contributed by atoms with Crippen molar-refractivity contribution in [2.75, 3.05) is 0 Å². The lowest BCUT2D eigenvalue weighted by Crippen LogP contribution is -1.86. The van der Waals surface area contributed by atoms with E-state index in [0.29, 0.717) is 22.9 Å². The predicted molar refractivity (Wildman–Crippen MR) is 58.2 cm³/mol. The molecule has 0 saturated heterocycles. The third-order valence-corrected chi connectivity index (χ3v) is 2.08. The molecule has 0 fully saturated rings. The zero-order valence-electron chi connectivity index (χ0n) is 8.18. The number of aromatic amines is 1. The van der Waals surface area contributed by atoms with Gasteiger partial charge in [-0.2, -0.15) is 0 Å². The highest BCUT2D eigenvalue weighted by atomic mass is 16.4. The van der Waals surface area contributed by atoms with E-state index in [0.717, 1.165) is 6.08 Å². The van der Waals surface area contributed by atoms with Crippen LogP contribution in [0.15, 0.2) is 24.3 Å². The average molecular weight is 216 g/mol. The van der Waals surface area contributed by atoms with Crippen LogP contribution in [0.25, 0.3) is 17.1 Å². The standard InChI is InChI=1S/C11H8N2O3/c14-6-9-12-8-3-1-2-7(11(8)13-9)4-5-10(15)16/h1-6H,(H,12,13)(H,15,16). The van der Waals surface area contributed by atoms with Gasteiger partial charge in [0, 0.05) is 11.6 Å². The highest BCUT2D eigenvalue weighted by molar-refractivity contribution is 5.92. The van der Waals surface area contributed by atoms with Gasteiger partial charge in [0.15, 0.2) is 12.1 Å². The number of carbonyl (C=O) groups is 2. The Morgan fingerprint density at radius 2 is 2.25 bits per heavy atom. The first-order valence-corrected chi connectivity index (χ1v) is 4.55. The first-order chi connectivity index (χ1) is 7.70. The number of benzene rings is 1. The van der Waals surface area contributed by atoms with Gasteiger partial charge in [-0.3, -0.25) is 4.79 Å². The quantitative estimate of drug-likeness (QED) is 0.601. The van der Waals surface area contributed by atoms with Crippen molar-refractivity contribution in [3.63, 3.8) is 0 Å². The fourth-order valence-electron chi connectivity index (χ4n) is 1.42. The number of imidazole rings is 1. The van der Waals surface area contributed by atoms with E-state index in [1.807, 2.05) is 0 Å². The van der Waals surface area contributed by atoms with Crippen molar-refractivity contribution in [3.8, 4) is 0 Å². The van der Waals surface area contributed by atoms with Crippen LogP contribution in [-0.4, -0.2) is 27.3 Å². The summed E-state index contributed by atoms with van der Waals surface area (Å²) in [5.41, 5.74) is 1.95. The number of aromatic nitrogens is 2. The number of carbonyl (C=O) groups excluding carboxylic acids is 1. The highest BCUT2D eigenvalue weighted by Crippen LogP contribution is 2.17. The number of para-hydroxylation sites is 1. The van der Waals surface area contributed by atoms with Crippen molar-refractivity contribution in [1.29, 1.82) is 0 Å². The Kier molecular flexibility index (Phi) is 2.51. The van der Waals surface area contributed by atoms with Gasteiger partial charge in [-0.1, -0.05) is 12.1 Å². The molecule has 0 spiro atoms.